The van der Waals surface area contributed by atoms with Crippen LogP contribution >= 0.6 is 0 Å². The summed E-state index contributed by atoms with van der Waals surface area (Å²) in [7, 11) is 0. The van der Waals surface area contributed by atoms with E-state index in [1.165, 1.54) is 33.8 Å². The highest BCUT2D eigenvalue weighted by molar-refractivity contribution is 5.90. The number of nitrogens with zero attached hydrogens (tertiary/aromatic N) is 1. The number of amides is 1. The van der Waals surface area contributed by atoms with Crippen LogP contribution in [0.2, 0.25) is 0 Å². The van der Waals surface area contributed by atoms with Crippen molar-refractivity contribution < 1.29 is 9.18 Å². The van der Waals surface area contributed by atoms with Crippen molar-refractivity contribution in [1.29, 1.82) is 0 Å². The van der Waals surface area contributed by atoms with Gasteiger partial charge in [-0.1, -0.05) is 30.3 Å². The molecule has 1 aliphatic rings. The Hall–Kier alpha value is -2.66. The number of hydrogen-bond acceptors (Lipinski definition) is 2. The number of nitrogens with one attached hydrogen (secondary N) is 2. The Bertz CT molecular complexity index is 1040. The van der Waals surface area contributed by atoms with Crippen molar-refractivity contribution in [3.63, 3.8) is 0 Å². The molecule has 0 saturated carbocycles. The monoisotopic (exact) mass is 407 g/mol. The Balaban J connectivity index is 1.33. The van der Waals surface area contributed by atoms with Gasteiger partial charge in [0.05, 0.1) is 5.69 Å². The summed E-state index contributed by atoms with van der Waals surface area (Å²) in [6.45, 7) is 7.35. The predicted octanol–water partition coefficient (Wildman–Crippen LogP) is 5.55. The molecule has 2 aromatic carbocycles. The number of aromatic nitrogens is 1. The highest BCUT2D eigenvalue weighted by Gasteiger charge is 2.22. The number of rotatable bonds is 6. The van der Waals surface area contributed by atoms with Crippen molar-refractivity contribution in [1.82, 2.24) is 9.88 Å². The van der Waals surface area contributed by atoms with Crippen LogP contribution in [0.5, 0.6) is 0 Å². The zero-order valence-corrected chi connectivity index (χ0v) is 17.8. The highest BCUT2D eigenvalue weighted by Crippen LogP contribution is 2.27. The van der Waals surface area contributed by atoms with Gasteiger partial charge < -0.3 is 10.3 Å². The Morgan fingerprint density at radius 3 is 2.83 bits per heavy atom. The van der Waals surface area contributed by atoms with Gasteiger partial charge in [0.25, 0.3) is 0 Å². The maximum absolute atomic E-state index is 13.7. The number of para-hydroxylation sites is 2. The summed E-state index contributed by atoms with van der Waals surface area (Å²) in [5.41, 5.74) is 5.40. The molecule has 2 N–H and O–H groups in total. The molecular formula is C25H30FN3O. The summed E-state index contributed by atoms with van der Waals surface area (Å²) in [6.07, 6.45) is 3.56. The van der Waals surface area contributed by atoms with Gasteiger partial charge in [-0.3, -0.25) is 9.69 Å². The number of carbonyl (C=O) groups is 1. The molecule has 0 bridgehead atoms. The van der Waals surface area contributed by atoms with E-state index in [0.717, 1.165) is 38.9 Å². The Morgan fingerprint density at radius 2 is 2.03 bits per heavy atom. The van der Waals surface area contributed by atoms with Crippen LogP contribution in [0.4, 0.5) is 10.1 Å². The predicted molar refractivity (Wildman–Crippen MR) is 120 cm³/mol. The van der Waals surface area contributed by atoms with Gasteiger partial charge in [0.1, 0.15) is 5.82 Å². The van der Waals surface area contributed by atoms with Gasteiger partial charge in [-0.25, -0.2) is 4.39 Å². The van der Waals surface area contributed by atoms with Crippen LogP contribution < -0.4 is 5.32 Å². The first-order valence-corrected chi connectivity index (χ1v) is 10.8. The first kappa shape index (κ1) is 20.6. The average molecular weight is 408 g/mol. The van der Waals surface area contributed by atoms with Gasteiger partial charge in [-0.15, -0.1) is 0 Å². The van der Waals surface area contributed by atoms with Crippen LogP contribution in [-0.4, -0.2) is 28.9 Å². The van der Waals surface area contributed by atoms with Gasteiger partial charge in [-0.2, -0.15) is 0 Å². The fraction of sp³-hybridized carbons (Fsp3) is 0.400. The van der Waals surface area contributed by atoms with E-state index in [-0.39, 0.29) is 11.6 Å². The summed E-state index contributed by atoms with van der Waals surface area (Å²) in [5.74, 6) is -0.00525. The Morgan fingerprint density at radius 1 is 1.20 bits per heavy atom. The molecule has 1 aromatic heterocycles. The van der Waals surface area contributed by atoms with Crippen LogP contribution in [0.3, 0.4) is 0 Å². The Kier molecular flexibility index (Phi) is 6.18. The maximum atomic E-state index is 13.7. The van der Waals surface area contributed by atoms with E-state index in [0.29, 0.717) is 12.3 Å². The largest absolute Gasteiger partial charge is 0.357 e. The lowest BCUT2D eigenvalue weighted by atomic mass is 9.93. The lowest BCUT2D eigenvalue weighted by molar-refractivity contribution is -0.116. The minimum atomic E-state index is -0.390. The number of anilines is 1. The van der Waals surface area contributed by atoms with E-state index in [9.17, 15) is 9.18 Å². The second-order valence-electron chi connectivity index (χ2n) is 8.54. The van der Waals surface area contributed by atoms with E-state index in [1.807, 2.05) is 0 Å². The third-order valence-electron chi connectivity index (χ3n) is 6.32. The molecule has 0 spiro atoms. The van der Waals surface area contributed by atoms with Crippen LogP contribution in [0, 0.1) is 25.6 Å². The minimum absolute atomic E-state index is 0.112. The molecular weight excluding hydrogens is 377 g/mol. The lowest BCUT2D eigenvalue weighted by Gasteiger charge is -2.32. The van der Waals surface area contributed by atoms with Crippen molar-refractivity contribution >= 4 is 22.5 Å². The highest BCUT2D eigenvalue weighted by atomic mass is 19.1. The fourth-order valence-electron chi connectivity index (χ4n) is 4.58. The van der Waals surface area contributed by atoms with Gasteiger partial charge in [0, 0.05) is 36.1 Å². The molecule has 4 nitrogen and oxygen atoms in total. The molecule has 0 radical (unpaired) electrons. The van der Waals surface area contributed by atoms with Gasteiger partial charge in [0.2, 0.25) is 5.91 Å². The van der Waals surface area contributed by atoms with Crippen LogP contribution in [-0.2, 0) is 11.3 Å². The smallest absolute Gasteiger partial charge is 0.224 e. The zero-order chi connectivity index (χ0) is 21.1. The Labute approximate surface area is 177 Å². The van der Waals surface area contributed by atoms with Gasteiger partial charge in [-0.05, 0) is 68.8 Å². The lowest BCUT2D eigenvalue weighted by Crippen LogP contribution is -2.35. The first-order chi connectivity index (χ1) is 14.5. The topological polar surface area (TPSA) is 48.1 Å². The third-order valence-corrected chi connectivity index (χ3v) is 6.32. The first-order valence-electron chi connectivity index (χ1n) is 10.8. The number of hydrogen-bond donors (Lipinski definition) is 2. The van der Waals surface area contributed by atoms with Crippen molar-refractivity contribution in [2.75, 3.05) is 18.4 Å². The summed E-state index contributed by atoms with van der Waals surface area (Å²) in [6, 6.07) is 12.8. The van der Waals surface area contributed by atoms with Gasteiger partial charge in [0.15, 0.2) is 0 Å². The van der Waals surface area contributed by atoms with Crippen molar-refractivity contribution in [3.05, 3.63) is 65.1 Å². The van der Waals surface area contributed by atoms with Crippen LogP contribution in [0.25, 0.3) is 10.9 Å². The van der Waals surface area contributed by atoms with E-state index < -0.39 is 5.82 Å². The molecule has 1 fully saturated rings. The van der Waals surface area contributed by atoms with Gasteiger partial charge >= 0.3 is 0 Å². The van der Waals surface area contributed by atoms with Crippen molar-refractivity contribution in [2.45, 2.75) is 46.1 Å². The molecule has 1 saturated heterocycles. The average Bonchev–Trinajstić information content (AvgIpc) is 3.06. The molecule has 1 aliphatic heterocycles. The third kappa shape index (κ3) is 4.57. The summed E-state index contributed by atoms with van der Waals surface area (Å²) in [5, 5.41) is 4.00. The van der Waals surface area contributed by atoms with Crippen molar-refractivity contribution in [2.24, 2.45) is 5.92 Å². The molecule has 2 heterocycles. The maximum Gasteiger partial charge on any atom is 0.224 e. The number of H-pyrrole nitrogens is 1. The SMILES string of the molecule is Cc1c(CN2CCCC(CCC(=O)Nc3ccccc3F)C2)[nH]c2c(C)cccc12. The van der Waals surface area contributed by atoms with Crippen LogP contribution in [0.1, 0.15) is 42.5 Å². The summed E-state index contributed by atoms with van der Waals surface area (Å²) >= 11 is 0. The van der Waals surface area contributed by atoms with E-state index in [4.69, 9.17) is 0 Å². The summed E-state index contributed by atoms with van der Waals surface area (Å²) in [4.78, 5) is 18.4. The van der Waals surface area contributed by atoms with E-state index in [1.54, 1.807) is 18.2 Å². The number of piperidine rings is 1. The molecule has 5 heteroatoms. The zero-order valence-electron chi connectivity index (χ0n) is 17.8. The molecule has 158 valence electrons. The number of aryl methyl sites for hydroxylation is 2. The number of carbonyl (C=O) groups excluding carboxylic acids is 1. The quantitative estimate of drug-likeness (QED) is 0.562. The second kappa shape index (κ2) is 9.00. The fourth-order valence-corrected chi connectivity index (χ4v) is 4.58. The van der Waals surface area contributed by atoms with E-state index >= 15 is 0 Å². The van der Waals surface area contributed by atoms with Crippen molar-refractivity contribution in [3.8, 4) is 0 Å². The van der Waals surface area contributed by atoms with E-state index in [2.05, 4.69) is 47.2 Å². The number of likely N-dealkylation sites (tertiary alicyclic amines) is 1. The number of halogens is 1. The molecule has 3 aromatic rings. The number of aromatic amines is 1. The molecule has 4 rings (SSSR count). The number of benzene rings is 2. The molecule has 30 heavy (non-hydrogen) atoms. The standard InChI is InChI=1S/C25H30FN3O/c1-17-7-5-9-20-18(2)23(28-25(17)20)16-29-14-6-8-19(15-29)12-13-24(30)27-22-11-4-3-10-21(22)26/h3-5,7,9-11,19,28H,6,8,12-16H2,1-2H3,(H,27,30). The van der Waals surface area contributed by atoms with Crippen LogP contribution in [0.15, 0.2) is 42.5 Å². The minimum Gasteiger partial charge on any atom is -0.357 e. The molecule has 0 aliphatic carbocycles. The molecule has 1 unspecified atom stereocenters. The molecule has 1 atom stereocenters. The number of fused-ring (bicyclic) bond motifs is 1. The summed E-state index contributed by atoms with van der Waals surface area (Å²) < 4.78 is 13.7. The normalized spacial score (nSPS) is 17.4. The second-order valence-corrected chi connectivity index (χ2v) is 8.54. The molecule has 1 amide bonds.